The summed E-state index contributed by atoms with van der Waals surface area (Å²) in [5.74, 6) is -2.55. The lowest BCUT2D eigenvalue weighted by molar-refractivity contribution is 0.0498. The third-order valence-electron chi connectivity index (χ3n) is 4.94. The predicted molar refractivity (Wildman–Crippen MR) is 109 cm³/mol. The standard InChI is InChI=1S/C20H20ClF3N2O4S/c21-14-10-13(5-7-15(14)22)25-20(28)12-4-6-16(23)19(9-12)31(29,30)26-8-2-1-3-18(27)17(24)11-26/h4-7,9-10,17-18,27H,1-3,8,11H2,(H,25,28). The van der Waals surface area contributed by atoms with E-state index in [0.717, 1.165) is 28.6 Å². The van der Waals surface area contributed by atoms with E-state index in [2.05, 4.69) is 5.32 Å². The van der Waals surface area contributed by atoms with Crippen LogP contribution in [0, 0.1) is 11.6 Å². The first-order valence-electron chi connectivity index (χ1n) is 9.48. The van der Waals surface area contributed by atoms with E-state index in [1.807, 2.05) is 0 Å². The van der Waals surface area contributed by atoms with Crippen molar-refractivity contribution in [2.24, 2.45) is 0 Å². The number of nitrogens with zero attached hydrogens (tertiary/aromatic N) is 1. The van der Waals surface area contributed by atoms with Crippen molar-refractivity contribution < 1.29 is 31.5 Å². The maximum atomic E-state index is 14.4. The van der Waals surface area contributed by atoms with E-state index < -0.39 is 51.3 Å². The summed E-state index contributed by atoms with van der Waals surface area (Å²) in [4.78, 5) is 11.7. The Kier molecular flexibility index (Phi) is 7.25. The molecule has 2 N–H and O–H groups in total. The van der Waals surface area contributed by atoms with Crippen LogP contribution >= 0.6 is 11.6 Å². The normalized spacial score (nSPS) is 20.7. The van der Waals surface area contributed by atoms with Gasteiger partial charge in [0.1, 0.15) is 22.7 Å². The Labute approximate surface area is 182 Å². The number of rotatable bonds is 4. The van der Waals surface area contributed by atoms with Crippen LogP contribution in [0.1, 0.15) is 29.6 Å². The Balaban J connectivity index is 1.88. The lowest BCUT2D eigenvalue weighted by Gasteiger charge is -2.28. The number of aliphatic hydroxyl groups excluding tert-OH is 1. The van der Waals surface area contributed by atoms with Crippen molar-refractivity contribution in [2.75, 3.05) is 18.4 Å². The minimum absolute atomic E-state index is 0.0422. The van der Waals surface area contributed by atoms with Gasteiger partial charge in [0, 0.05) is 24.3 Å². The molecule has 2 aromatic carbocycles. The Morgan fingerprint density at radius 3 is 2.55 bits per heavy atom. The topological polar surface area (TPSA) is 86.7 Å². The largest absolute Gasteiger partial charge is 0.390 e. The van der Waals surface area contributed by atoms with Crippen molar-refractivity contribution in [1.29, 1.82) is 0 Å². The van der Waals surface area contributed by atoms with E-state index in [0.29, 0.717) is 12.8 Å². The molecular weight excluding hydrogens is 457 g/mol. The number of carbonyl (C=O) groups excluding carboxylic acids is 1. The molecule has 2 aromatic rings. The fourth-order valence-electron chi connectivity index (χ4n) is 3.21. The molecule has 0 spiro atoms. The zero-order valence-corrected chi connectivity index (χ0v) is 17.8. The summed E-state index contributed by atoms with van der Waals surface area (Å²) in [6, 6.07) is 6.24. The average molecular weight is 477 g/mol. The number of aliphatic hydroxyl groups is 1. The van der Waals surface area contributed by atoms with Gasteiger partial charge in [-0.1, -0.05) is 11.6 Å². The van der Waals surface area contributed by atoms with E-state index in [9.17, 15) is 31.5 Å². The first-order chi connectivity index (χ1) is 14.6. The van der Waals surface area contributed by atoms with Gasteiger partial charge in [-0.25, -0.2) is 21.6 Å². The molecule has 0 bridgehead atoms. The summed E-state index contributed by atoms with van der Waals surface area (Å²) < 4.78 is 68.6. The SMILES string of the molecule is O=C(Nc1ccc(F)c(Cl)c1)c1ccc(F)c(S(=O)(=O)N2CCCCC(O)C(F)C2)c1. The minimum atomic E-state index is -4.47. The lowest BCUT2D eigenvalue weighted by Crippen LogP contribution is -2.42. The number of nitrogens with one attached hydrogen (secondary N) is 1. The number of benzene rings is 2. The molecule has 6 nitrogen and oxygen atoms in total. The number of alkyl halides is 1. The Bertz CT molecular complexity index is 1080. The van der Waals surface area contributed by atoms with Gasteiger partial charge in [0.2, 0.25) is 10.0 Å². The molecule has 0 aromatic heterocycles. The molecule has 31 heavy (non-hydrogen) atoms. The smallest absolute Gasteiger partial charge is 0.255 e. The molecule has 3 rings (SSSR count). The number of hydrogen-bond acceptors (Lipinski definition) is 4. The van der Waals surface area contributed by atoms with E-state index in [1.165, 1.54) is 12.1 Å². The number of amides is 1. The van der Waals surface area contributed by atoms with Crippen LogP contribution in [0.25, 0.3) is 0 Å². The van der Waals surface area contributed by atoms with E-state index in [4.69, 9.17) is 11.6 Å². The highest BCUT2D eigenvalue weighted by atomic mass is 35.5. The van der Waals surface area contributed by atoms with Crippen LogP contribution in [0.5, 0.6) is 0 Å². The first kappa shape index (κ1) is 23.5. The number of hydrogen-bond donors (Lipinski definition) is 2. The molecule has 1 aliphatic rings. The fourth-order valence-corrected chi connectivity index (χ4v) is 4.96. The van der Waals surface area contributed by atoms with Gasteiger partial charge in [0.25, 0.3) is 5.91 Å². The number of anilines is 1. The molecule has 168 valence electrons. The van der Waals surface area contributed by atoms with Crippen LogP contribution in [0.4, 0.5) is 18.9 Å². The molecular formula is C20H20ClF3N2O4S. The number of carbonyl (C=O) groups is 1. The summed E-state index contributed by atoms with van der Waals surface area (Å²) >= 11 is 5.67. The second-order valence-electron chi connectivity index (χ2n) is 7.17. The van der Waals surface area contributed by atoms with Gasteiger partial charge in [-0.15, -0.1) is 0 Å². The monoisotopic (exact) mass is 476 g/mol. The second-order valence-corrected chi connectivity index (χ2v) is 9.48. The molecule has 0 aliphatic carbocycles. The van der Waals surface area contributed by atoms with Crippen molar-refractivity contribution in [1.82, 2.24) is 4.31 Å². The van der Waals surface area contributed by atoms with Crippen molar-refractivity contribution in [2.45, 2.75) is 36.4 Å². The zero-order chi connectivity index (χ0) is 22.8. The van der Waals surface area contributed by atoms with E-state index in [1.54, 1.807) is 0 Å². The molecule has 1 aliphatic heterocycles. The average Bonchev–Trinajstić information content (AvgIpc) is 2.71. The van der Waals surface area contributed by atoms with Crippen LogP contribution in [0.15, 0.2) is 41.3 Å². The van der Waals surface area contributed by atoms with Crippen molar-refractivity contribution in [3.8, 4) is 0 Å². The fraction of sp³-hybridized carbons (Fsp3) is 0.350. The van der Waals surface area contributed by atoms with Gasteiger partial charge < -0.3 is 10.4 Å². The van der Waals surface area contributed by atoms with Crippen LogP contribution < -0.4 is 5.32 Å². The minimum Gasteiger partial charge on any atom is -0.390 e. The van der Waals surface area contributed by atoms with E-state index in [-0.39, 0.29) is 29.2 Å². The van der Waals surface area contributed by atoms with E-state index >= 15 is 0 Å². The number of halogens is 4. The van der Waals surface area contributed by atoms with Crippen LogP contribution in [0.3, 0.4) is 0 Å². The highest BCUT2D eigenvalue weighted by Gasteiger charge is 2.33. The van der Waals surface area contributed by atoms with Crippen LogP contribution in [0.2, 0.25) is 5.02 Å². The summed E-state index contributed by atoms with van der Waals surface area (Å²) in [7, 11) is -4.47. The lowest BCUT2D eigenvalue weighted by atomic mass is 10.1. The van der Waals surface area contributed by atoms with Gasteiger partial charge in [-0.3, -0.25) is 4.79 Å². The Morgan fingerprint density at radius 2 is 1.84 bits per heavy atom. The predicted octanol–water partition coefficient (Wildman–Crippen LogP) is 3.74. The summed E-state index contributed by atoms with van der Waals surface area (Å²) in [6.07, 6.45) is -2.11. The molecule has 1 saturated heterocycles. The molecule has 11 heteroatoms. The second kappa shape index (κ2) is 9.56. The van der Waals surface area contributed by atoms with Crippen molar-refractivity contribution in [3.63, 3.8) is 0 Å². The maximum absolute atomic E-state index is 14.4. The zero-order valence-electron chi connectivity index (χ0n) is 16.2. The van der Waals surface area contributed by atoms with Gasteiger partial charge in [0.15, 0.2) is 0 Å². The summed E-state index contributed by atoms with van der Waals surface area (Å²) in [5, 5.41) is 11.9. The Morgan fingerprint density at radius 1 is 1.13 bits per heavy atom. The van der Waals surface area contributed by atoms with Crippen molar-refractivity contribution >= 4 is 33.2 Å². The van der Waals surface area contributed by atoms with Gasteiger partial charge in [-0.2, -0.15) is 4.31 Å². The Hall–Kier alpha value is -2.14. The highest BCUT2D eigenvalue weighted by Crippen LogP contribution is 2.25. The van der Waals surface area contributed by atoms with Gasteiger partial charge in [0.05, 0.1) is 11.1 Å². The molecule has 0 saturated carbocycles. The molecule has 2 atom stereocenters. The van der Waals surface area contributed by atoms with Crippen LogP contribution in [-0.4, -0.2) is 49.1 Å². The molecule has 2 unspecified atom stereocenters. The van der Waals surface area contributed by atoms with Gasteiger partial charge >= 0.3 is 0 Å². The summed E-state index contributed by atoms with van der Waals surface area (Å²) in [5.41, 5.74) is -0.0209. The molecule has 1 amide bonds. The van der Waals surface area contributed by atoms with Crippen LogP contribution in [-0.2, 0) is 10.0 Å². The third-order valence-corrected chi connectivity index (χ3v) is 7.11. The maximum Gasteiger partial charge on any atom is 0.255 e. The molecule has 1 fully saturated rings. The highest BCUT2D eigenvalue weighted by molar-refractivity contribution is 7.89. The first-order valence-corrected chi connectivity index (χ1v) is 11.3. The third kappa shape index (κ3) is 5.38. The molecule has 0 radical (unpaired) electrons. The quantitative estimate of drug-likeness (QED) is 0.703. The summed E-state index contributed by atoms with van der Waals surface area (Å²) in [6.45, 7) is -0.660. The number of sulfonamides is 1. The van der Waals surface area contributed by atoms with Crippen molar-refractivity contribution in [3.05, 3.63) is 58.6 Å². The molecule has 1 heterocycles. The van der Waals surface area contributed by atoms with Gasteiger partial charge in [-0.05, 0) is 55.7 Å².